The summed E-state index contributed by atoms with van der Waals surface area (Å²) < 4.78 is 14.6. The molecule has 2 heterocycles. The molecule has 1 aliphatic heterocycles. The van der Waals surface area contributed by atoms with E-state index in [-0.39, 0.29) is 11.5 Å². The van der Waals surface area contributed by atoms with Crippen LogP contribution in [0.5, 0.6) is 11.6 Å². The van der Waals surface area contributed by atoms with Crippen LogP contribution < -0.4 is 9.47 Å². The molecule has 4 nitrogen and oxygen atoms in total. The number of benzene rings is 3. The minimum atomic E-state index is 0.244. The van der Waals surface area contributed by atoms with Gasteiger partial charge in [-0.15, -0.1) is 0 Å². The van der Waals surface area contributed by atoms with Crippen molar-refractivity contribution in [3.63, 3.8) is 0 Å². The maximum Gasteiger partial charge on any atom is 0.221 e. The minimum Gasteiger partial charge on any atom is -0.497 e. The fourth-order valence-corrected chi connectivity index (χ4v) is 8.92. The smallest absolute Gasteiger partial charge is 0.221 e. The zero-order valence-electron chi connectivity index (χ0n) is 22.8. The number of aryl methyl sites for hydroxylation is 1. The topological polar surface area (TPSA) is 36.3 Å². The van der Waals surface area contributed by atoms with Gasteiger partial charge in [0.2, 0.25) is 5.88 Å². The monoisotopic (exact) mass is 516 g/mol. The van der Waals surface area contributed by atoms with E-state index in [2.05, 4.69) is 90.5 Å². The number of para-hydroxylation sites is 1. The van der Waals surface area contributed by atoms with Gasteiger partial charge in [-0.1, -0.05) is 61.5 Å². The molecule has 0 amide bonds. The molecule has 2 fully saturated rings. The number of ether oxygens (including phenoxy) is 2. The molecule has 2 saturated carbocycles. The highest BCUT2D eigenvalue weighted by Crippen LogP contribution is 2.67. The Labute approximate surface area is 231 Å². The molecule has 6 atom stereocenters. The lowest BCUT2D eigenvalue weighted by molar-refractivity contribution is -0.0739. The minimum absolute atomic E-state index is 0.244. The van der Waals surface area contributed by atoms with Crippen LogP contribution in [0.25, 0.3) is 16.9 Å². The molecule has 1 aromatic heterocycles. The van der Waals surface area contributed by atoms with E-state index in [1.54, 1.807) is 12.7 Å². The Morgan fingerprint density at radius 1 is 0.949 bits per heavy atom. The standard InChI is InChI=1S/C35H36N2O2/c1-35-18-17-28-27-16-14-25(38-2)19-23(27)13-15-29(28)30(35)20-26-21-31(35)32-33(22-9-5-3-6-10-22)36-37(34(32)39-26)24-11-7-4-8-12-24/h3-12,14,16,19,26,28-31H,13,15,17-18,20-21H2,1-2H3/t26-,28-,29-,30+,31+,35+/m1/s1. The second kappa shape index (κ2) is 8.74. The second-order valence-electron chi connectivity index (χ2n) is 12.5. The van der Waals surface area contributed by atoms with Gasteiger partial charge < -0.3 is 9.47 Å². The highest BCUT2D eigenvalue weighted by atomic mass is 16.5. The highest BCUT2D eigenvalue weighted by Gasteiger charge is 2.58. The van der Waals surface area contributed by atoms with Crippen molar-refractivity contribution in [2.75, 3.05) is 7.11 Å². The summed E-state index contributed by atoms with van der Waals surface area (Å²) in [5.41, 5.74) is 8.02. The van der Waals surface area contributed by atoms with E-state index in [1.165, 1.54) is 36.0 Å². The van der Waals surface area contributed by atoms with Crippen LogP contribution in [-0.2, 0) is 6.42 Å². The number of rotatable bonds is 3. The molecule has 3 aromatic carbocycles. The Hall–Kier alpha value is -3.53. The second-order valence-corrected chi connectivity index (χ2v) is 12.5. The van der Waals surface area contributed by atoms with E-state index in [1.807, 2.05) is 0 Å². The largest absolute Gasteiger partial charge is 0.497 e. The fraction of sp³-hybridized carbons (Fsp3) is 0.400. The highest BCUT2D eigenvalue weighted by molar-refractivity contribution is 5.68. The quantitative estimate of drug-likeness (QED) is 0.277. The predicted octanol–water partition coefficient (Wildman–Crippen LogP) is 7.95. The number of methoxy groups -OCH3 is 1. The van der Waals surface area contributed by atoms with Crippen molar-refractivity contribution < 1.29 is 9.47 Å². The van der Waals surface area contributed by atoms with Gasteiger partial charge >= 0.3 is 0 Å². The molecule has 8 rings (SSSR count). The fourth-order valence-electron chi connectivity index (χ4n) is 8.92. The molecule has 4 aromatic rings. The van der Waals surface area contributed by atoms with Gasteiger partial charge in [0.05, 0.1) is 12.8 Å². The molecule has 0 saturated heterocycles. The lowest BCUT2D eigenvalue weighted by Crippen LogP contribution is -2.53. The summed E-state index contributed by atoms with van der Waals surface area (Å²) in [7, 11) is 1.78. The summed E-state index contributed by atoms with van der Waals surface area (Å²) in [6.45, 7) is 2.61. The third-order valence-electron chi connectivity index (χ3n) is 10.7. The van der Waals surface area contributed by atoms with Crippen molar-refractivity contribution in [1.29, 1.82) is 0 Å². The van der Waals surface area contributed by atoms with Crippen LogP contribution in [0.4, 0.5) is 0 Å². The van der Waals surface area contributed by atoms with Crippen LogP contribution in [0, 0.1) is 17.3 Å². The first kappa shape index (κ1) is 23.4. The summed E-state index contributed by atoms with van der Waals surface area (Å²) >= 11 is 0. The SMILES string of the molecule is COc1ccc2c(c1)CC[C@@H]1[C@@H]2CC[C@]2(C)[C@H]3C[C@@H](C[C@@H]12)Oc1c3c(-c2ccccc2)nn1-c1ccccc1. The maximum absolute atomic E-state index is 6.95. The van der Waals surface area contributed by atoms with E-state index in [0.29, 0.717) is 23.7 Å². The Balaban J connectivity index is 1.24. The average Bonchev–Trinajstić information content (AvgIpc) is 3.37. The zero-order chi connectivity index (χ0) is 26.1. The van der Waals surface area contributed by atoms with E-state index in [9.17, 15) is 0 Å². The molecule has 0 spiro atoms. The van der Waals surface area contributed by atoms with Crippen LogP contribution >= 0.6 is 0 Å². The van der Waals surface area contributed by atoms with Gasteiger partial charge in [-0.05, 0) is 97.1 Å². The van der Waals surface area contributed by atoms with Crippen LogP contribution in [0.2, 0.25) is 0 Å². The molecule has 4 aliphatic rings. The first-order valence-electron chi connectivity index (χ1n) is 14.7. The molecule has 39 heavy (non-hydrogen) atoms. The molecule has 0 radical (unpaired) electrons. The maximum atomic E-state index is 6.95. The van der Waals surface area contributed by atoms with E-state index >= 15 is 0 Å². The van der Waals surface area contributed by atoms with Crippen LogP contribution in [-0.4, -0.2) is 23.0 Å². The van der Waals surface area contributed by atoms with Gasteiger partial charge in [0.25, 0.3) is 0 Å². The molecule has 198 valence electrons. The van der Waals surface area contributed by atoms with Gasteiger partial charge in [-0.25, -0.2) is 4.68 Å². The van der Waals surface area contributed by atoms with Gasteiger partial charge in [0.1, 0.15) is 17.5 Å². The summed E-state index contributed by atoms with van der Waals surface area (Å²) in [6.07, 6.45) is 7.45. The number of nitrogens with zero attached hydrogens (tertiary/aromatic N) is 2. The molecule has 0 N–H and O–H groups in total. The Kier molecular flexibility index (Phi) is 5.24. The van der Waals surface area contributed by atoms with Crippen molar-refractivity contribution in [3.8, 4) is 28.6 Å². The Morgan fingerprint density at radius 3 is 2.54 bits per heavy atom. The number of hydrogen-bond acceptors (Lipinski definition) is 3. The van der Waals surface area contributed by atoms with Crippen molar-refractivity contribution >= 4 is 0 Å². The van der Waals surface area contributed by atoms with Crippen LogP contribution in [0.15, 0.2) is 78.9 Å². The van der Waals surface area contributed by atoms with Crippen molar-refractivity contribution in [3.05, 3.63) is 95.6 Å². The third-order valence-corrected chi connectivity index (χ3v) is 10.7. The van der Waals surface area contributed by atoms with Gasteiger partial charge in [0, 0.05) is 17.0 Å². The molecule has 2 bridgehead atoms. The zero-order valence-corrected chi connectivity index (χ0v) is 22.8. The number of fused-ring (bicyclic) bond motifs is 10. The summed E-state index contributed by atoms with van der Waals surface area (Å²) in [5, 5.41) is 5.27. The van der Waals surface area contributed by atoms with Gasteiger partial charge in [-0.3, -0.25) is 0 Å². The predicted molar refractivity (Wildman–Crippen MR) is 154 cm³/mol. The Morgan fingerprint density at radius 2 is 1.74 bits per heavy atom. The van der Waals surface area contributed by atoms with Crippen molar-refractivity contribution in [2.24, 2.45) is 17.3 Å². The molecule has 3 aliphatic carbocycles. The van der Waals surface area contributed by atoms with Crippen LogP contribution in [0.3, 0.4) is 0 Å². The van der Waals surface area contributed by atoms with Crippen molar-refractivity contribution in [2.45, 2.75) is 63.4 Å². The van der Waals surface area contributed by atoms with E-state index < -0.39 is 0 Å². The summed E-state index contributed by atoms with van der Waals surface area (Å²) in [4.78, 5) is 0. The normalized spacial score (nSPS) is 30.3. The lowest BCUT2D eigenvalue weighted by Gasteiger charge is -2.60. The number of aromatic nitrogens is 2. The van der Waals surface area contributed by atoms with Gasteiger partial charge in [-0.2, -0.15) is 5.10 Å². The first-order valence-corrected chi connectivity index (χ1v) is 14.7. The summed E-state index contributed by atoms with van der Waals surface area (Å²) in [6, 6.07) is 28.1. The number of hydrogen-bond donors (Lipinski definition) is 0. The molecular formula is C35H36N2O2. The molecular weight excluding hydrogens is 480 g/mol. The van der Waals surface area contributed by atoms with Crippen molar-refractivity contribution in [1.82, 2.24) is 9.78 Å². The average molecular weight is 517 g/mol. The first-order chi connectivity index (χ1) is 19.1. The van der Waals surface area contributed by atoms with Crippen LogP contribution in [0.1, 0.15) is 67.6 Å². The van der Waals surface area contributed by atoms with Gasteiger partial charge in [0.15, 0.2) is 0 Å². The molecule has 0 unspecified atom stereocenters. The lowest BCUT2D eigenvalue weighted by atomic mass is 9.46. The molecule has 4 heteroatoms. The third kappa shape index (κ3) is 3.46. The summed E-state index contributed by atoms with van der Waals surface area (Å²) in [5.74, 6) is 4.44. The van der Waals surface area contributed by atoms with E-state index in [4.69, 9.17) is 14.6 Å². The van der Waals surface area contributed by atoms with E-state index in [0.717, 1.165) is 42.3 Å². The Bertz CT molecular complexity index is 1530.